The van der Waals surface area contributed by atoms with Crippen molar-refractivity contribution in [1.82, 2.24) is 4.98 Å². The summed E-state index contributed by atoms with van der Waals surface area (Å²) < 4.78 is 0. The fourth-order valence-electron chi connectivity index (χ4n) is 1.01. The van der Waals surface area contributed by atoms with Gasteiger partial charge in [-0.05, 0) is 19.1 Å². The van der Waals surface area contributed by atoms with Gasteiger partial charge in [0.1, 0.15) is 5.82 Å². The second-order valence-electron chi connectivity index (χ2n) is 3.38. The summed E-state index contributed by atoms with van der Waals surface area (Å²) in [4.78, 5) is 4.18. The molecule has 1 heterocycles. The molecule has 2 heteroatoms. The largest absolute Gasteiger partial charge is 0.370 e. The maximum absolute atomic E-state index is 4.18. The topological polar surface area (TPSA) is 24.9 Å². The van der Waals surface area contributed by atoms with Crippen molar-refractivity contribution >= 4 is 5.82 Å². The zero-order valence-electron chi connectivity index (χ0n) is 11.0. The van der Waals surface area contributed by atoms with Crippen molar-refractivity contribution in [3.8, 4) is 11.8 Å². The van der Waals surface area contributed by atoms with Gasteiger partial charge in [0, 0.05) is 25.6 Å². The predicted octanol–water partition coefficient (Wildman–Crippen LogP) is 3.79. The van der Waals surface area contributed by atoms with Crippen molar-refractivity contribution < 1.29 is 1.43 Å². The van der Waals surface area contributed by atoms with Crippen LogP contribution in [0.5, 0.6) is 0 Å². The van der Waals surface area contributed by atoms with E-state index in [0.29, 0.717) is 5.92 Å². The molecule has 0 unspecified atom stereocenters. The maximum atomic E-state index is 4.18. The minimum atomic E-state index is 0. The average molecular weight is 220 g/mol. The lowest BCUT2D eigenvalue weighted by atomic mass is 10.2. The van der Waals surface area contributed by atoms with Crippen LogP contribution in [0.15, 0.2) is 18.3 Å². The maximum Gasteiger partial charge on any atom is 0.127 e. The Morgan fingerprint density at radius 2 is 2.12 bits per heavy atom. The first-order valence-corrected chi connectivity index (χ1v) is 5.94. The monoisotopic (exact) mass is 220 g/mol. The standard InChI is InChI=1S/C12H16N2.C2H6.H2/c1-4-13-12-9-11(7-8-14-12)6-5-10(2)3;1-2;/h7-10H,4H2,1-3H3,(H,13,14);1-2H3;1H. The van der Waals surface area contributed by atoms with Crippen molar-refractivity contribution in [2.45, 2.75) is 34.6 Å². The normalized spacial score (nSPS) is 8.62. The van der Waals surface area contributed by atoms with Crippen LogP contribution in [0.2, 0.25) is 0 Å². The Morgan fingerprint density at radius 1 is 1.44 bits per heavy atom. The van der Waals surface area contributed by atoms with E-state index < -0.39 is 0 Å². The van der Waals surface area contributed by atoms with Crippen molar-refractivity contribution in [3.05, 3.63) is 23.9 Å². The van der Waals surface area contributed by atoms with Crippen molar-refractivity contribution in [1.29, 1.82) is 0 Å². The lowest BCUT2D eigenvalue weighted by Gasteiger charge is -2.00. The number of hydrogen-bond donors (Lipinski definition) is 1. The molecule has 0 aliphatic heterocycles. The molecule has 0 saturated heterocycles. The van der Waals surface area contributed by atoms with Crippen LogP contribution in [0.4, 0.5) is 5.82 Å². The highest BCUT2D eigenvalue weighted by Crippen LogP contribution is 2.05. The number of rotatable bonds is 2. The van der Waals surface area contributed by atoms with Crippen molar-refractivity contribution in [2.75, 3.05) is 11.9 Å². The van der Waals surface area contributed by atoms with E-state index in [1.54, 1.807) is 6.20 Å². The number of nitrogens with zero attached hydrogens (tertiary/aromatic N) is 1. The fraction of sp³-hybridized carbons (Fsp3) is 0.500. The Kier molecular flexibility index (Phi) is 7.97. The quantitative estimate of drug-likeness (QED) is 0.767. The lowest BCUT2D eigenvalue weighted by Crippen LogP contribution is -1.98. The van der Waals surface area contributed by atoms with E-state index in [9.17, 15) is 0 Å². The Morgan fingerprint density at radius 3 is 2.69 bits per heavy atom. The number of pyridine rings is 1. The number of anilines is 1. The summed E-state index contributed by atoms with van der Waals surface area (Å²) in [6.45, 7) is 11.1. The predicted molar refractivity (Wildman–Crippen MR) is 73.6 cm³/mol. The molecule has 0 amide bonds. The molecule has 2 nitrogen and oxygen atoms in total. The van der Waals surface area contributed by atoms with Crippen LogP contribution in [0.25, 0.3) is 0 Å². The average Bonchev–Trinajstić information content (AvgIpc) is 2.30. The first-order valence-electron chi connectivity index (χ1n) is 5.94. The fourth-order valence-corrected chi connectivity index (χ4v) is 1.01. The van der Waals surface area contributed by atoms with Gasteiger partial charge in [0.05, 0.1) is 0 Å². The van der Waals surface area contributed by atoms with Crippen LogP contribution in [0, 0.1) is 17.8 Å². The molecule has 0 spiro atoms. The van der Waals surface area contributed by atoms with Gasteiger partial charge in [0.2, 0.25) is 0 Å². The molecule has 0 atom stereocenters. The highest BCUT2D eigenvalue weighted by atomic mass is 15.0. The number of nitrogens with one attached hydrogen (secondary N) is 1. The minimum absolute atomic E-state index is 0. The zero-order valence-corrected chi connectivity index (χ0v) is 11.0. The van der Waals surface area contributed by atoms with Crippen LogP contribution < -0.4 is 5.32 Å². The molecule has 0 fully saturated rings. The third kappa shape index (κ3) is 6.08. The molecule has 0 radical (unpaired) electrons. The van der Waals surface area contributed by atoms with Gasteiger partial charge in [-0.2, -0.15) is 0 Å². The Balaban J connectivity index is 0. The molecule has 1 aromatic heterocycles. The van der Waals surface area contributed by atoms with Gasteiger partial charge in [-0.3, -0.25) is 0 Å². The second-order valence-corrected chi connectivity index (χ2v) is 3.38. The second kappa shape index (κ2) is 8.79. The van der Waals surface area contributed by atoms with Gasteiger partial charge in [0.15, 0.2) is 0 Å². The first kappa shape index (κ1) is 14.5. The molecule has 1 N–H and O–H groups in total. The van der Waals surface area contributed by atoms with E-state index in [1.165, 1.54) is 0 Å². The van der Waals surface area contributed by atoms with Gasteiger partial charge in [-0.15, -0.1) is 0 Å². The van der Waals surface area contributed by atoms with Crippen LogP contribution >= 0.6 is 0 Å². The Labute approximate surface area is 101 Å². The first-order chi connectivity index (χ1) is 7.72. The van der Waals surface area contributed by atoms with Gasteiger partial charge in [-0.25, -0.2) is 4.98 Å². The summed E-state index contributed by atoms with van der Waals surface area (Å²) in [5.41, 5.74) is 1.02. The van der Waals surface area contributed by atoms with E-state index in [4.69, 9.17) is 0 Å². The summed E-state index contributed by atoms with van der Waals surface area (Å²) in [6, 6.07) is 3.90. The molecular weight excluding hydrogens is 196 g/mol. The highest BCUT2D eigenvalue weighted by Gasteiger charge is 1.92. The van der Waals surface area contributed by atoms with Crippen LogP contribution in [-0.2, 0) is 0 Å². The Bertz CT molecular complexity index is 351. The van der Waals surface area contributed by atoms with Gasteiger partial charge < -0.3 is 5.32 Å². The molecule has 1 rings (SSSR count). The number of hydrogen-bond acceptors (Lipinski definition) is 2. The van der Waals surface area contributed by atoms with E-state index >= 15 is 0 Å². The molecule has 0 aromatic carbocycles. The van der Waals surface area contributed by atoms with Crippen molar-refractivity contribution in [2.24, 2.45) is 5.92 Å². The number of aromatic nitrogens is 1. The third-order valence-corrected chi connectivity index (χ3v) is 1.62. The van der Waals surface area contributed by atoms with E-state index in [2.05, 4.69) is 36.0 Å². The molecule has 90 valence electrons. The van der Waals surface area contributed by atoms with Crippen LogP contribution in [-0.4, -0.2) is 11.5 Å². The molecule has 16 heavy (non-hydrogen) atoms. The van der Waals surface area contributed by atoms with E-state index in [-0.39, 0.29) is 1.43 Å². The lowest BCUT2D eigenvalue weighted by molar-refractivity contribution is 0.866. The molecule has 0 aliphatic rings. The smallest absolute Gasteiger partial charge is 0.127 e. The van der Waals surface area contributed by atoms with Gasteiger partial charge >= 0.3 is 0 Å². The molecule has 0 saturated carbocycles. The van der Waals surface area contributed by atoms with E-state index in [1.807, 2.05) is 32.9 Å². The SMILES string of the molecule is CC.CCNc1cc(C#CC(C)C)ccn1.[HH]. The molecule has 0 aliphatic carbocycles. The zero-order chi connectivity index (χ0) is 12.4. The van der Waals surface area contributed by atoms with Gasteiger partial charge in [0.25, 0.3) is 0 Å². The molecule has 1 aromatic rings. The summed E-state index contributed by atoms with van der Waals surface area (Å²) in [5, 5.41) is 3.16. The Hall–Kier alpha value is -1.49. The van der Waals surface area contributed by atoms with E-state index in [0.717, 1.165) is 17.9 Å². The summed E-state index contributed by atoms with van der Waals surface area (Å²) >= 11 is 0. The van der Waals surface area contributed by atoms with Crippen LogP contribution in [0.3, 0.4) is 0 Å². The molecular formula is C14H24N2. The van der Waals surface area contributed by atoms with Crippen molar-refractivity contribution in [3.63, 3.8) is 0 Å². The van der Waals surface area contributed by atoms with Gasteiger partial charge in [-0.1, -0.05) is 39.5 Å². The summed E-state index contributed by atoms with van der Waals surface area (Å²) in [6.07, 6.45) is 1.78. The highest BCUT2D eigenvalue weighted by molar-refractivity contribution is 5.44. The van der Waals surface area contributed by atoms with Crippen LogP contribution in [0.1, 0.15) is 41.6 Å². The summed E-state index contributed by atoms with van der Waals surface area (Å²) in [7, 11) is 0. The minimum Gasteiger partial charge on any atom is -0.370 e. The third-order valence-electron chi connectivity index (χ3n) is 1.62. The molecule has 0 bridgehead atoms. The summed E-state index contributed by atoms with van der Waals surface area (Å²) in [5.74, 6) is 7.54.